The van der Waals surface area contributed by atoms with Crippen LogP contribution in [0.4, 0.5) is 0 Å². The molecule has 0 bridgehead atoms. The van der Waals surface area contributed by atoms with E-state index in [9.17, 15) is 9.90 Å². The standard InChI is InChI=1S/C22H16O3/c1-25-15-12-10-14(11-13-15)21(23)20-18-8-4-2-6-16(18)17-7-3-5-9-19(17)22(20)24/h2-13,24H,1H3. The number of hydrogen-bond donors (Lipinski definition) is 1. The predicted molar refractivity (Wildman–Crippen MR) is 99.5 cm³/mol. The highest BCUT2D eigenvalue weighted by atomic mass is 16.5. The van der Waals surface area contributed by atoms with E-state index in [0.717, 1.165) is 16.2 Å². The van der Waals surface area contributed by atoms with Gasteiger partial charge in [0.25, 0.3) is 0 Å². The van der Waals surface area contributed by atoms with Gasteiger partial charge >= 0.3 is 0 Å². The molecule has 3 nitrogen and oxygen atoms in total. The third-order valence-corrected chi connectivity index (χ3v) is 4.48. The van der Waals surface area contributed by atoms with Gasteiger partial charge in [0.1, 0.15) is 11.5 Å². The summed E-state index contributed by atoms with van der Waals surface area (Å²) in [5.74, 6) is 0.501. The molecule has 4 aromatic carbocycles. The van der Waals surface area contributed by atoms with E-state index in [1.54, 1.807) is 31.4 Å². The summed E-state index contributed by atoms with van der Waals surface area (Å²) in [6, 6.07) is 22.2. The molecule has 0 aromatic heterocycles. The molecule has 122 valence electrons. The van der Waals surface area contributed by atoms with Gasteiger partial charge in [-0.25, -0.2) is 0 Å². The van der Waals surface area contributed by atoms with Crippen LogP contribution in [0, 0.1) is 0 Å². The lowest BCUT2D eigenvalue weighted by atomic mass is 9.91. The molecule has 0 aliphatic heterocycles. The van der Waals surface area contributed by atoms with Gasteiger partial charge < -0.3 is 9.84 Å². The number of carbonyl (C=O) groups is 1. The molecule has 0 saturated heterocycles. The van der Waals surface area contributed by atoms with Gasteiger partial charge in [-0.1, -0.05) is 48.5 Å². The minimum absolute atomic E-state index is 0.0233. The van der Waals surface area contributed by atoms with E-state index in [4.69, 9.17) is 4.74 Å². The second-order valence-corrected chi connectivity index (χ2v) is 5.87. The van der Waals surface area contributed by atoms with Crippen LogP contribution in [0.3, 0.4) is 0 Å². The van der Waals surface area contributed by atoms with Crippen molar-refractivity contribution in [2.24, 2.45) is 0 Å². The van der Waals surface area contributed by atoms with Crippen molar-refractivity contribution in [2.45, 2.75) is 0 Å². The van der Waals surface area contributed by atoms with Crippen LogP contribution < -0.4 is 4.74 Å². The number of ketones is 1. The summed E-state index contributed by atoms with van der Waals surface area (Å²) >= 11 is 0. The fourth-order valence-electron chi connectivity index (χ4n) is 3.24. The van der Waals surface area contributed by atoms with Gasteiger partial charge in [-0.05, 0) is 40.4 Å². The van der Waals surface area contributed by atoms with Crippen molar-refractivity contribution in [2.75, 3.05) is 7.11 Å². The van der Waals surface area contributed by atoms with Crippen LogP contribution in [0.5, 0.6) is 11.5 Å². The van der Waals surface area contributed by atoms with Crippen molar-refractivity contribution in [1.82, 2.24) is 0 Å². The van der Waals surface area contributed by atoms with E-state index < -0.39 is 0 Å². The molecule has 0 saturated carbocycles. The third kappa shape index (κ3) is 2.41. The summed E-state index contributed by atoms with van der Waals surface area (Å²) in [4.78, 5) is 13.1. The molecule has 3 heteroatoms. The molecule has 1 N–H and O–H groups in total. The van der Waals surface area contributed by atoms with Crippen LogP contribution in [0.15, 0.2) is 72.8 Å². The summed E-state index contributed by atoms with van der Waals surface area (Å²) in [7, 11) is 1.58. The minimum atomic E-state index is -0.206. The van der Waals surface area contributed by atoms with E-state index in [-0.39, 0.29) is 11.5 Å². The highest BCUT2D eigenvalue weighted by Crippen LogP contribution is 2.38. The highest BCUT2D eigenvalue weighted by Gasteiger charge is 2.20. The lowest BCUT2D eigenvalue weighted by Crippen LogP contribution is -2.03. The first kappa shape index (κ1) is 15.2. The molecule has 25 heavy (non-hydrogen) atoms. The fourth-order valence-corrected chi connectivity index (χ4v) is 3.24. The summed E-state index contributed by atoms with van der Waals surface area (Å²) < 4.78 is 5.15. The number of rotatable bonds is 3. The molecule has 0 aliphatic carbocycles. The molecule has 0 amide bonds. The minimum Gasteiger partial charge on any atom is -0.507 e. The summed E-state index contributed by atoms with van der Waals surface area (Å²) in [6.45, 7) is 0. The topological polar surface area (TPSA) is 46.5 Å². The Morgan fingerprint density at radius 3 is 1.88 bits per heavy atom. The van der Waals surface area contributed by atoms with Gasteiger partial charge in [-0.3, -0.25) is 4.79 Å². The Hall–Kier alpha value is -3.33. The summed E-state index contributed by atoms with van der Waals surface area (Å²) in [6.07, 6.45) is 0. The number of methoxy groups -OCH3 is 1. The SMILES string of the molecule is COc1ccc(C(=O)c2c(O)c3ccccc3c3ccccc23)cc1. The van der Waals surface area contributed by atoms with Crippen molar-refractivity contribution in [3.63, 3.8) is 0 Å². The van der Waals surface area contributed by atoms with Crippen LogP contribution in [-0.4, -0.2) is 18.0 Å². The molecule has 4 rings (SSSR count). The Bertz CT molecular complexity index is 1100. The summed E-state index contributed by atoms with van der Waals surface area (Å²) in [5, 5.41) is 14.1. The van der Waals surface area contributed by atoms with Gasteiger partial charge in [0.2, 0.25) is 0 Å². The first-order valence-corrected chi connectivity index (χ1v) is 8.02. The zero-order valence-electron chi connectivity index (χ0n) is 13.7. The van der Waals surface area contributed by atoms with Crippen LogP contribution >= 0.6 is 0 Å². The number of phenols is 1. The monoisotopic (exact) mass is 328 g/mol. The largest absolute Gasteiger partial charge is 0.507 e. The number of fused-ring (bicyclic) bond motifs is 3. The maximum atomic E-state index is 13.1. The highest BCUT2D eigenvalue weighted by molar-refractivity contribution is 6.24. The normalized spacial score (nSPS) is 10.9. The Morgan fingerprint density at radius 1 is 0.760 bits per heavy atom. The quantitative estimate of drug-likeness (QED) is 0.428. The Labute approximate surface area is 145 Å². The van der Waals surface area contributed by atoms with Crippen LogP contribution in [0.25, 0.3) is 21.5 Å². The van der Waals surface area contributed by atoms with E-state index in [2.05, 4.69) is 0 Å². The van der Waals surface area contributed by atoms with Crippen molar-refractivity contribution >= 4 is 27.3 Å². The Balaban J connectivity index is 2.02. The van der Waals surface area contributed by atoms with E-state index in [1.165, 1.54) is 0 Å². The molecular weight excluding hydrogens is 312 g/mol. The average Bonchev–Trinajstić information content (AvgIpc) is 2.68. The lowest BCUT2D eigenvalue weighted by Gasteiger charge is -2.13. The first-order chi connectivity index (χ1) is 12.2. The lowest BCUT2D eigenvalue weighted by molar-refractivity contribution is 0.103. The van der Waals surface area contributed by atoms with Gasteiger partial charge in [-0.15, -0.1) is 0 Å². The number of phenolic OH excluding ortho intramolecular Hbond substituents is 1. The zero-order valence-corrected chi connectivity index (χ0v) is 13.7. The van der Waals surface area contributed by atoms with Gasteiger partial charge in [0, 0.05) is 10.9 Å². The molecule has 0 spiro atoms. The maximum Gasteiger partial charge on any atom is 0.197 e. The fraction of sp³-hybridized carbons (Fsp3) is 0.0455. The molecular formula is C22H16O3. The number of carbonyl (C=O) groups excluding carboxylic acids is 1. The number of ether oxygens (including phenoxy) is 1. The van der Waals surface area contributed by atoms with Crippen molar-refractivity contribution in [1.29, 1.82) is 0 Å². The molecule has 0 atom stereocenters. The molecule has 0 aliphatic rings. The Morgan fingerprint density at radius 2 is 1.28 bits per heavy atom. The smallest absolute Gasteiger partial charge is 0.197 e. The second kappa shape index (κ2) is 5.95. The summed E-state index contributed by atoms with van der Waals surface area (Å²) in [5.41, 5.74) is 0.844. The van der Waals surface area contributed by atoms with Crippen LogP contribution in [0.2, 0.25) is 0 Å². The van der Waals surface area contributed by atoms with Crippen molar-refractivity contribution < 1.29 is 14.6 Å². The number of benzene rings is 4. The first-order valence-electron chi connectivity index (χ1n) is 8.02. The molecule has 0 radical (unpaired) electrons. The van der Waals surface area contributed by atoms with E-state index in [0.29, 0.717) is 22.3 Å². The molecule has 0 fully saturated rings. The predicted octanol–water partition coefficient (Wildman–Crippen LogP) is 4.94. The third-order valence-electron chi connectivity index (χ3n) is 4.48. The van der Waals surface area contributed by atoms with E-state index in [1.807, 2.05) is 48.5 Å². The van der Waals surface area contributed by atoms with Gasteiger partial charge in [0.15, 0.2) is 5.78 Å². The van der Waals surface area contributed by atoms with Crippen molar-refractivity contribution in [3.05, 3.63) is 83.9 Å². The number of aromatic hydroxyl groups is 1. The van der Waals surface area contributed by atoms with Crippen molar-refractivity contribution in [3.8, 4) is 11.5 Å². The molecule has 4 aromatic rings. The van der Waals surface area contributed by atoms with E-state index >= 15 is 0 Å². The average molecular weight is 328 g/mol. The second-order valence-electron chi connectivity index (χ2n) is 5.87. The zero-order chi connectivity index (χ0) is 17.4. The Kier molecular flexibility index (Phi) is 3.62. The van der Waals surface area contributed by atoms with Crippen LogP contribution in [-0.2, 0) is 0 Å². The molecule has 0 unspecified atom stereocenters. The molecule has 0 heterocycles. The van der Waals surface area contributed by atoms with Gasteiger partial charge in [0.05, 0.1) is 12.7 Å². The van der Waals surface area contributed by atoms with Crippen LogP contribution in [0.1, 0.15) is 15.9 Å². The number of hydrogen-bond acceptors (Lipinski definition) is 3. The maximum absolute atomic E-state index is 13.1. The van der Waals surface area contributed by atoms with Gasteiger partial charge in [-0.2, -0.15) is 0 Å².